The standard InChI is InChI=1S/C20H29F3N4O2/c1-27(2)18(28)12-25-19(26-17-5-3-4-6-17)24-11-15-7-9-16(10-8-15)13-29-14-20(21,22)23/h7-10,17H,3-6,11-14H2,1-2H3,(H2,24,25,26). The van der Waals surface area contributed by atoms with Crippen LogP contribution in [0.1, 0.15) is 36.8 Å². The summed E-state index contributed by atoms with van der Waals surface area (Å²) < 4.78 is 41.0. The third-order valence-corrected chi connectivity index (χ3v) is 4.58. The molecule has 0 aromatic heterocycles. The minimum absolute atomic E-state index is 0.0471. The van der Waals surface area contributed by atoms with Gasteiger partial charge in [0, 0.05) is 20.1 Å². The number of aliphatic imine (C=N–C) groups is 1. The van der Waals surface area contributed by atoms with Crippen molar-refractivity contribution in [1.82, 2.24) is 15.5 Å². The van der Waals surface area contributed by atoms with Crippen LogP contribution < -0.4 is 10.6 Å². The van der Waals surface area contributed by atoms with Crippen LogP contribution in [0.3, 0.4) is 0 Å². The molecule has 2 N–H and O–H groups in total. The average molecular weight is 414 g/mol. The van der Waals surface area contributed by atoms with Crippen molar-refractivity contribution in [2.45, 2.75) is 51.1 Å². The van der Waals surface area contributed by atoms with Crippen LogP contribution in [0.4, 0.5) is 13.2 Å². The highest BCUT2D eigenvalue weighted by molar-refractivity contribution is 5.86. The lowest BCUT2D eigenvalue weighted by Crippen LogP contribution is -2.46. The number of nitrogens with one attached hydrogen (secondary N) is 2. The monoisotopic (exact) mass is 414 g/mol. The molecule has 0 radical (unpaired) electrons. The summed E-state index contributed by atoms with van der Waals surface area (Å²) in [7, 11) is 3.40. The maximum Gasteiger partial charge on any atom is 0.411 e. The van der Waals surface area contributed by atoms with Crippen LogP contribution in [0.15, 0.2) is 29.3 Å². The van der Waals surface area contributed by atoms with Crippen LogP contribution >= 0.6 is 0 Å². The largest absolute Gasteiger partial charge is 0.411 e. The van der Waals surface area contributed by atoms with E-state index in [4.69, 9.17) is 0 Å². The molecular formula is C20H29F3N4O2. The zero-order chi connectivity index (χ0) is 21.3. The van der Waals surface area contributed by atoms with Gasteiger partial charge < -0.3 is 20.3 Å². The lowest BCUT2D eigenvalue weighted by Gasteiger charge is -2.18. The van der Waals surface area contributed by atoms with Crippen molar-refractivity contribution < 1.29 is 22.7 Å². The fraction of sp³-hybridized carbons (Fsp3) is 0.600. The van der Waals surface area contributed by atoms with E-state index in [-0.39, 0.29) is 19.1 Å². The summed E-state index contributed by atoms with van der Waals surface area (Å²) in [5.41, 5.74) is 1.58. The quantitative estimate of drug-likeness (QED) is 0.507. The molecule has 0 unspecified atom stereocenters. The number of rotatable bonds is 8. The molecule has 0 saturated heterocycles. The number of amides is 1. The SMILES string of the molecule is CN(C)C(=O)CNC(=NCc1ccc(COCC(F)(F)F)cc1)NC1CCCC1. The van der Waals surface area contributed by atoms with Crippen LogP contribution in [0.25, 0.3) is 0 Å². The van der Waals surface area contributed by atoms with Gasteiger partial charge in [-0.1, -0.05) is 37.1 Å². The Bertz CT molecular complexity index is 669. The minimum atomic E-state index is -4.32. The second-order valence-electron chi connectivity index (χ2n) is 7.36. The van der Waals surface area contributed by atoms with E-state index in [1.54, 1.807) is 26.2 Å². The van der Waals surface area contributed by atoms with Crippen molar-refractivity contribution in [1.29, 1.82) is 0 Å². The van der Waals surface area contributed by atoms with E-state index in [0.29, 0.717) is 24.1 Å². The molecule has 0 bridgehead atoms. The van der Waals surface area contributed by atoms with Gasteiger partial charge in [0.15, 0.2) is 5.96 Å². The van der Waals surface area contributed by atoms with Crippen molar-refractivity contribution in [3.8, 4) is 0 Å². The molecule has 1 aromatic carbocycles. The summed E-state index contributed by atoms with van der Waals surface area (Å²) in [4.78, 5) is 17.9. The zero-order valence-corrected chi connectivity index (χ0v) is 16.9. The van der Waals surface area contributed by atoms with Crippen molar-refractivity contribution in [2.24, 2.45) is 4.99 Å². The van der Waals surface area contributed by atoms with Crippen molar-refractivity contribution in [2.75, 3.05) is 27.2 Å². The van der Waals surface area contributed by atoms with Gasteiger partial charge in [-0.15, -0.1) is 0 Å². The fourth-order valence-electron chi connectivity index (χ4n) is 2.93. The third-order valence-electron chi connectivity index (χ3n) is 4.58. The molecule has 1 aliphatic carbocycles. The second-order valence-corrected chi connectivity index (χ2v) is 7.36. The van der Waals surface area contributed by atoms with Crippen LogP contribution in [0.5, 0.6) is 0 Å². The van der Waals surface area contributed by atoms with E-state index in [9.17, 15) is 18.0 Å². The van der Waals surface area contributed by atoms with Crippen LogP contribution in [0.2, 0.25) is 0 Å². The van der Waals surface area contributed by atoms with E-state index < -0.39 is 12.8 Å². The Morgan fingerprint density at radius 1 is 1.17 bits per heavy atom. The second kappa shape index (κ2) is 11.0. The molecule has 0 spiro atoms. The van der Waals surface area contributed by atoms with Crippen LogP contribution in [-0.4, -0.2) is 56.2 Å². The minimum Gasteiger partial charge on any atom is -0.367 e. The number of benzene rings is 1. The highest BCUT2D eigenvalue weighted by atomic mass is 19.4. The van der Waals surface area contributed by atoms with Gasteiger partial charge in [0.1, 0.15) is 6.61 Å². The maximum atomic E-state index is 12.1. The number of likely N-dealkylation sites (N-methyl/N-ethyl adjacent to an activating group) is 1. The van der Waals surface area contributed by atoms with Crippen LogP contribution in [0, 0.1) is 0 Å². The Kier molecular flexibility index (Phi) is 8.75. The van der Waals surface area contributed by atoms with Crippen LogP contribution in [-0.2, 0) is 22.7 Å². The fourth-order valence-corrected chi connectivity index (χ4v) is 2.93. The number of ether oxygens (including phenoxy) is 1. The van der Waals surface area contributed by atoms with Gasteiger partial charge in [0.05, 0.1) is 19.7 Å². The Morgan fingerprint density at radius 3 is 2.38 bits per heavy atom. The molecule has 1 saturated carbocycles. The van der Waals surface area contributed by atoms with Gasteiger partial charge in [-0.3, -0.25) is 4.79 Å². The smallest absolute Gasteiger partial charge is 0.367 e. The summed E-state index contributed by atoms with van der Waals surface area (Å²) in [5, 5.41) is 6.45. The number of alkyl halides is 3. The molecule has 162 valence electrons. The summed E-state index contributed by atoms with van der Waals surface area (Å²) in [5.74, 6) is 0.541. The van der Waals surface area contributed by atoms with E-state index in [1.807, 2.05) is 12.1 Å². The van der Waals surface area contributed by atoms with Crippen molar-refractivity contribution in [3.05, 3.63) is 35.4 Å². The molecule has 0 atom stereocenters. The molecule has 0 aliphatic heterocycles. The number of carbonyl (C=O) groups excluding carboxylic acids is 1. The van der Waals surface area contributed by atoms with Crippen molar-refractivity contribution >= 4 is 11.9 Å². The summed E-state index contributed by atoms with van der Waals surface area (Å²) in [6.45, 7) is -0.804. The maximum absolute atomic E-state index is 12.1. The van der Waals surface area contributed by atoms with E-state index in [0.717, 1.165) is 18.4 Å². The zero-order valence-electron chi connectivity index (χ0n) is 16.9. The molecule has 0 heterocycles. The number of hydrogen-bond donors (Lipinski definition) is 2. The molecule has 1 aliphatic rings. The normalized spacial score (nSPS) is 15.4. The highest BCUT2D eigenvalue weighted by Crippen LogP contribution is 2.18. The van der Waals surface area contributed by atoms with Gasteiger partial charge in [-0.05, 0) is 24.0 Å². The molecule has 1 aromatic rings. The number of nitrogens with zero attached hydrogens (tertiary/aromatic N) is 2. The molecule has 2 rings (SSSR count). The first-order valence-electron chi connectivity index (χ1n) is 9.70. The summed E-state index contributed by atoms with van der Waals surface area (Å²) in [6.07, 6.45) is 0.196. The molecule has 9 heteroatoms. The number of halogens is 3. The Hall–Kier alpha value is -2.29. The van der Waals surface area contributed by atoms with E-state index >= 15 is 0 Å². The first kappa shape index (κ1) is 23.0. The van der Waals surface area contributed by atoms with Gasteiger partial charge in [0.2, 0.25) is 5.91 Å². The highest BCUT2D eigenvalue weighted by Gasteiger charge is 2.27. The first-order valence-corrected chi connectivity index (χ1v) is 9.70. The molecule has 1 fully saturated rings. The summed E-state index contributed by atoms with van der Waals surface area (Å²) >= 11 is 0. The first-order chi connectivity index (χ1) is 13.7. The predicted molar refractivity (Wildman–Crippen MR) is 105 cm³/mol. The lowest BCUT2D eigenvalue weighted by atomic mass is 10.1. The average Bonchev–Trinajstić information content (AvgIpc) is 3.16. The van der Waals surface area contributed by atoms with Gasteiger partial charge in [-0.2, -0.15) is 13.2 Å². The predicted octanol–water partition coefficient (Wildman–Crippen LogP) is 2.83. The third kappa shape index (κ3) is 9.17. The van der Waals surface area contributed by atoms with Gasteiger partial charge >= 0.3 is 6.18 Å². The van der Waals surface area contributed by atoms with E-state index in [1.165, 1.54) is 17.7 Å². The number of hydrogen-bond acceptors (Lipinski definition) is 3. The van der Waals surface area contributed by atoms with Gasteiger partial charge in [-0.25, -0.2) is 4.99 Å². The number of carbonyl (C=O) groups is 1. The molecule has 1 amide bonds. The van der Waals surface area contributed by atoms with Gasteiger partial charge in [0.25, 0.3) is 0 Å². The van der Waals surface area contributed by atoms with E-state index in [2.05, 4.69) is 20.4 Å². The Morgan fingerprint density at radius 2 is 1.79 bits per heavy atom. The topological polar surface area (TPSA) is 66.0 Å². The summed E-state index contributed by atoms with van der Waals surface area (Å²) in [6, 6.07) is 7.44. The molecular weight excluding hydrogens is 385 g/mol. The Balaban J connectivity index is 1.90. The molecule has 6 nitrogen and oxygen atoms in total. The van der Waals surface area contributed by atoms with Crippen molar-refractivity contribution in [3.63, 3.8) is 0 Å². The molecule has 29 heavy (non-hydrogen) atoms. The number of guanidine groups is 1. The lowest BCUT2D eigenvalue weighted by molar-refractivity contribution is -0.176. The Labute approximate surface area is 169 Å².